The Morgan fingerprint density at radius 3 is 3.08 bits per heavy atom. The molecule has 0 fully saturated rings. The highest BCUT2D eigenvalue weighted by atomic mass is 32.2. The van der Waals surface area contributed by atoms with Crippen molar-refractivity contribution in [2.45, 2.75) is 19.4 Å². The molecule has 1 unspecified atom stereocenters. The zero-order valence-corrected chi connectivity index (χ0v) is 7.86. The molecule has 68 valence electrons. The van der Waals surface area contributed by atoms with E-state index < -0.39 is 0 Å². The summed E-state index contributed by atoms with van der Waals surface area (Å²) in [6.07, 6.45) is 0.703. The van der Waals surface area contributed by atoms with Gasteiger partial charge in [-0.2, -0.15) is 0 Å². The average Bonchev–Trinajstić information content (AvgIpc) is 2.51. The SMILES string of the molecule is CCC(NC1=NCCS1)C(N)=O. The van der Waals surface area contributed by atoms with Crippen molar-refractivity contribution in [1.82, 2.24) is 5.32 Å². The third kappa shape index (κ3) is 2.41. The number of nitrogens with one attached hydrogen (secondary N) is 1. The van der Waals surface area contributed by atoms with E-state index in [1.165, 1.54) is 0 Å². The van der Waals surface area contributed by atoms with Crippen molar-refractivity contribution >= 4 is 22.8 Å². The summed E-state index contributed by atoms with van der Waals surface area (Å²) in [5, 5.41) is 3.85. The molecule has 0 aromatic rings. The maximum absolute atomic E-state index is 10.8. The van der Waals surface area contributed by atoms with Crippen LogP contribution in [0.4, 0.5) is 0 Å². The first-order valence-electron chi connectivity index (χ1n) is 3.97. The van der Waals surface area contributed by atoms with Crippen LogP contribution in [0.25, 0.3) is 0 Å². The molecule has 0 aliphatic carbocycles. The highest BCUT2D eigenvalue weighted by Crippen LogP contribution is 2.09. The van der Waals surface area contributed by atoms with Gasteiger partial charge in [0, 0.05) is 5.75 Å². The van der Waals surface area contributed by atoms with Gasteiger partial charge in [-0.3, -0.25) is 9.79 Å². The fraction of sp³-hybridized carbons (Fsp3) is 0.714. The summed E-state index contributed by atoms with van der Waals surface area (Å²) in [7, 11) is 0. The number of aliphatic imine (C=N–C) groups is 1. The third-order valence-corrected chi connectivity index (χ3v) is 2.54. The number of amidine groups is 1. The van der Waals surface area contributed by atoms with Gasteiger partial charge >= 0.3 is 0 Å². The Bertz CT molecular complexity index is 205. The number of hydrogen-bond donors (Lipinski definition) is 2. The van der Waals surface area contributed by atoms with E-state index in [0.29, 0.717) is 6.42 Å². The molecule has 0 spiro atoms. The molecular formula is C7H13N3OS. The van der Waals surface area contributed by atoms with Crippen LogP contribution < -0.4 is 11.1 Å². The molecule has 0 saturated carbocycles. The number of nitrogens with two attached hydrogens (primary N) is 1. The van der Waals surface area contributed by atoms with Crippen LogP contribution in [0.3, 0.4) is 0 Å². The van der Waals surface area contributed by atoms with Crippen molar-refractivity contribution < 1.29 is 4.79 Å². The van der Waals surface area contributed by atoms with Crippen molar-refractivity contribution in [1.29, 1.82) is 0 Å². The van der Waals surface area contributed by atoms with E-state index in [4.69, 9.17) is 5.73 Å². The fourth-order valence-corrected chi connectivity index (χ4v) is 1.73. The molecule has 0 aromatic carbocycles. The van der Waals surface area contributed by atoms with E-state index >= 15 is 0 Å². The number of hydrogen-bond acceptors (Lipinski definition) is 4. The van der Waals surface area contributed by atoms with Gasteiger partial charge in [0.25, 0.3) is 0 Å². The van der Waals surface area contributed by atoms with Gasteiger partial charge in [0.2, 0.25) is 5.91 Å². The van der Waals surface area contributed by atoms with Crippen molar-refractivity contribution in [3.8, 4) is 0 Å². The van der Waals surface area contributed by atoms with Crippen LogP contribution in [-0.4, -0.2) is 29.4 Å². The summed E-state index contributed by atoms with van der Waals surface area (Å²) in [4.78, 5) is 15.0. The Hall–Kier alpha value is -0.710. The maximum Gasteiger partial charge on any atom is 0.239 e. The highest BCUT2D eigenvalue weighted by Gasteiger charge is 2.16. The topological polar surface area (TPSA) is 67.5 Å². The van der Waals surface area contributed by atoms with Crippen LogP contribution in [0.1, 0.15) is 13.3 Å². The lowest BCUT2D eigenvalue weighted by atomic mass is 10.2. The summed E-state index contributed by atoms with van der Waals surface area (Å²) >= 11 is 1.63. The number of nitrogens with zero attached hydrogens (tertiary/aromatic N) is 1. The monoisotopic (exact) mass is 187 g/mol. The Balaban J connectivity index is 2.41. The molecular weight excluding hydrogens is 174 g/mol. The lowest BCUT2D eigenvalue weighted by molar-refractivity contribution is -0.119. The van der Waals surface area contributed by atoms with Gasteiger partial charge in [-0.25, -0.2) is 0 Å². The molecule has 5 heteroatoms. The second-order valence-corrected chi connectivity index (χ2v) is 3.63. The Kier molecular flexibility index (Phi) is 3.40. The van der Waals surface area contributed by atoms with Crippen molar-refractivity contribution in [2.24, 2.45) is 10.7 Å². The minimum absolute atomic E-state index is 0.269. The number of carbonyl (C=O) groups is 1. The first-order valence-corrected chi connectivity index (χ1v) is 4.95. The van der Waals surface area contributed by atoms with Gasteiger partial charge in [0.05, 0.1) is 6.54 Å². The summed E-state index contributed by atoms with van der Waals surface area (Å²) in [5.41, 5.74) is 5.16. The van der Waals surface area contributed by atoms with Crippen molar-refractivity contribution in [3.63, 3.8) is 0 Å². The molecule has 1 aliphatic rings. The molecule has 0 radical (unpaired) electrons. The molecule has 0 bridgehead atoms. The Morgan fingerprint density at radius 1 is 1.92 bits per heavy atom. The van der Waals surface area contributed by atoms with Crippen LogP contribution in [0.15, 0.2) is 4.99 Å². The summed E-state index contributed by atoms with van der Waals surface area (Å²) in [5.74, 6) is 0.685. The van der Waals surface area contributed by atoms with E-state index in [0.717, 1.165) is 17.5 Å². The second kappa shape index (κ2) is 4.35. The van der Waals surface area contributed by atoms with Gasteiger partial charge < -0.3 is 11.1 Å². The van der Waals surface area contributed by atoms with Crippen molar-refractivity contribution in [3.05, 3.63) is 0 Å². The standard InChI is InChI=1S/C7H13N3OS/c1-2-5(6(8)11)10-7-9-3-4-12-7/h5H,2-4H2,1H3,(H2,8,11)(H,9,10). The van der Waals surface area contributed by atoms with Crippen LogP contribution in [0.2, 0.25) is 0 Å². The lowest BCUT2D eigenvalue weighted by Gasteiger charge is -2.12. The quantitative estimate of drug-likeness (QED) is 0.650. The fourth-order valence-electron chi connectivity index (χ4n) is 0.946. The molecule has 1 rings (SSSR count). The van der Waals surface area contributed by atoms with E-state index in [2.05, 4.69) is 10.3 Å². The summed E-state index contributed by atoms with van der Waals surface area (Å²) < 4.78 is 0. The average molecular weight is 187 g/mol. The van der Waals surface area contributed by atoms with Gasteiger partial charge in [-0.15, -0.1) is 0 Å². The van der Waals surface area contributed by atoms with Crippen LogP contribution in [0.5, 0.6) is 0 Å². The molecule has 1 atom stereocenters. The van der Waals surface area contributed by atoms with E-state index in [1.54, 1.807) is 11.8 Å². The number of primary amides is 1. The first-order chi connectivity index (χ1) is 5.74. The normalized spacial score (nSPS) is 18.6. The van der Waals surface area contributed by atoms with E-state index in [9.17, 15) is 4.79 Å². The molecule has 1 heterocycles. The van der Waals surface area contributed by atoms with Crippen LogP contribution >= 0.6 is 11.8 Å². The lowest BCUT2D eigenvalue weighted by Crippen LogP contribution is -2.42. The van der Waals surface area contributed by atoms with Gasteiger partial charge in [0.15, 0.2) is 5.17 Å². The van der Waals surface area contributed by atoms with Crippen LogP contribution in [0, 0.1) is 0 Å². The predicted molar refractivity (Wildman–Crippen MR) is 51.2 cm³/mol. The number of rotatable bonds is 3. The Labute approximate surface area is 76.0 Å². The van der Waals surface area contributed by atoms with Gasteiger partial charge in [0.1, 0.15) is 6.04 Å². The number of thioether (sulfide) groups is 1. The summed E-state index contributed by atoms with van der Waals surface area (Å²) in [6.45, 7) is 2.75. The second-order valence-electron chi connectivity index (χ2n) is 2.54. The predicted octanol–water partition coefficient (Wildman–Crippen LogP) is -0.0573. The molecule has 3 N–H and O–H groups in total. The maximum atomic E-state index is 10.8. The number of carbonyl (C=O) groups excluding carboxylic acids is 1. The largest absolute Gasteiger partial charge is 0.368 e. The van der Waals surface area contributed by atoms with Gasteiger partial charge in [-0.1, -0.05) is 18.7 Å². The number of amides is 1. The van der Waals surface area contributed by atoms with E-state index in [1.807, 2.05) is 6.92 Å². The van der Waals surface area contributed by atoms with Gasteiger partial charge in [-0.05, 0) is 6.42 Å². The molecule has 1 aliphatic heterocycles. The molecule has 12 heavy (non-hydrogen) atoms. The third-order valence-electron chi connectivity index (χ3n) is 1.63. The summed E-state index contributed by atoms with van der Waals surface area (Å²) in [6, 6.07) is -0.269. The molecule has 0 saturated heterocycles. The van der Waals surface area contributed by atoms with Crippen molar-refractivity contribution in [2.75, 3.05) is 12.3 Å². The molecule has 0 aromatic heterocycles. The zero-order valence-electron chi connectivity index (χ0n) is 7.04. The Morgan fingerprint density at radius 2 is 2.67 bits per heavy atom. The highest BCUT2D eigenvalue weighted by molar-refractivity contribution is 8.14. The minimum atomic E-state index is -0.312. The van der Waals surface area contributed by atoms with Crippen LogP contribution in [-0.2, 0) is 4.79 Å². The first kappa shape index (κ1) is 9.38. The smallest absolute Gasteiger partial charge is 0.239 e. The zero-order chi connectivity index (χ0) is 8.97. The molecule has 1 amide bonds. The minimum Gasteiger partial charge on any atom is -0.368 e. The molecule has 4 nitrogen and oxygen atoms in total. The van der Waals surface area contributed by atoms with E-state index in [-0.39, 0.29) is 11.9 Å².